The van der Waals surface area contributed by atoms with Crippen molar-refractivity contribution in [1.82, 2.24) is 5.32 Å². The molecule has 0 heterocycles. The van der Waals surface area contributed by atoms with Crippen LogP contribution in [0.1, 0.15) is 37.9 Å². The molecule has 1 aromatic carbocycles. The summed E-state index contributed by atoms with van der Waals surface area (Å²) in [6.07, 6.45) is 0. The van der Waals surface area contributed by atoms with Crippen LogP contribution in [0.4, 0.5) is 10.1 Å². The van der Waals surface area contributed by atoms with Crippen LogP contribution in [0.3, 0.4) is 0 Å². The first-order valence-electron chi connectivity index (χ1n) is 7.32. The molecule has 1 rings (SSSR count). The zero-order valence-corrected chi connectivity index (χ0v) is 13.3. The molecule has 1 unspecified atom stereocenters. The normalized spacial score (nSPS) is 12.5. The maximum Gasteiger partial charge on any atom is 0.126 e. The molecular formula is C16H27FN2O. The van der Waals surface area contributed by atoms with Gasteiger partial charge in [-0.1, -0.05) is 6.92 Å². The molecule has 0 saturated heterocycles. The molecule has 0 amide bonds. The highest BCUT2D eigenvalue weighted by molar-refractivity contribution is 5.57. The Morgan fingerprint density at radius 1 is 1.35 bits per heavy atom. The molecule has 114 valence electrons. The SMILES string of the molecule is CCNC(C)c1cc(F)c(C)cc1N(CC)CCOC. The molecule has 0 saturated carbocycles. The Kier molecular flexibility index (Phi) is 6.96. The molecule has 0 radical (unpaired) electrons. The van der Waals surface area contributed by atoms with Gasteiger partial charge in [-0.25, -0.2) is 4.39 Å². The van der Waals surface area contributed by atoms with Crippen molar-refractivity contribution in [2.45, 2.75) is 33.7 Å². The zero-order chi connectivity index (χ0) is 15.1. The smallest absolute Gasteiger partial charge is 0.126 e. The number of halogens is 1. The molecule has 1 N–H and O–H groups in total. The summed E-state index contributed by atoms with van der Waals surface area (Å²) in [5.41, 5.74) is 2.79. The molecule has 0 aliphatic carbocycles. The van der Waals surface area contributed by atoms with E-state index in [-0.39, 0.29) is 11.9 Å². The predicted octanol–water partition coefficient (Wildman–Crippen LogP) is 3.28. The van der Waals surface area contributed by atoms with Crippen molar-refractivity contribution in [3.05, 3.63) is 29.1 Å². The lowest BCUT2D eigenvalue weighted by Gasteiger charge is -2.28. The third kappa shape index (κ3) is 4.18. The standard InChI is InChI=1S/C16H27FN2O/c1-6-18-13(4)14-11-15(17)12(3)10-16(14)19(7-2)8-9-20-5/h10-11,13,18H,6-9H2,1-5H3. The molecule has 1 aromatic rings. The zero-order valence-electron chi connectivity index (χ0n) is 13.3. The number of aryl methyl sites for hydroxylation is 1. The Morgan fingerprint density at radius 3 is 2.60 bits per heavy atom. The molecule has 0 aliphatic heterocycles. The summed E-state index contributed by atoms with van der Waals surface area (Å²) in [5.74, 6) is -0.142. The van der Waals surface area contributed by atoms with E-state index in [1.807, 2.05) is 13.0 Å². The van der Waals surface area contributed by atoms with E-state index in [2.05, 4.69) is 31.0 Å². The van der Waals surface area contributed by atoms with E-state index in [1.54, 1.807) is 13.2 Å². The second-order valence-electron chi connectivity index (χ2n) is 5.01. The van der Waals surface area contributed by atoms with E-state index in [1.165, 1.54) is 0 Å². The highest BCUT2D eigenvalue weighted by Gasteiger charge is 2.17. The number of methoxy groups -OCH3 is 1. The van der Waals surface area contributed by atoms with Crippen molar-refractivity contribution in [2.24, 2.45) is 0 Å². The van der Waals surface area contributed by atoms with Gasteiger partial charge in [-0.2, -0.15) is 0 Å². The number of anilines is 1. The first-order chi connectivity index (χ1) is 9.54. The highest BCUT2D eigenvalue weighted by atomic mass is 19.1. The quantitative estimate of drug-likeness (QED) is 0.792. The molecule has 0 bridgehead atoms. The average molecular weight is 282 g/mol. The Balaban J connectivity index is 3.16. The van der Waals surface area contributed by atoms with Crippen LogP contribution < -0.4 is 10.2 Å². The van der Waals surface area contributed by atoms with Gasteiger partial charge in [0.05, 0.1) is 6.61 Å². The minimum Gasteiger partial charge on any atom is -0.383 e. The largest absolute Gasteiger partial charge is 0.383 e. The number of likely N-dealkylation sites (N-methyl/N-ethyl adjacent to an activating group) is 1. The minimum absolute atomic E-state index is 0.127. The molecule has 0 aliphatic rings. The molecule has 0 spiro atoms. The lowest BCUT2D eigenvalue weighted by Crippen LogP contribution is -2.30. The lowest BCUT2D eigenvalue weighted by atomic mass is 10.0. The van der Waals surface area contributed by atoms with Crippen molar-refractivity contribution >= 4 is 5.69 Å². The molecule has 20 heavy (non-hydrogen) atoms. The maximum absolute atomic E-state index is 13.9. The monoisotopic (exact) mass is 282 g/mol. The summed E-state index contributed by atoms with van der Waals surface area (Å²) in [5, 5.41) is 3.36. The van der Waals surface area contributed by atoms with Crippen molar-refractivity contribution < 1.29 is 9.13 Å². The van der Waals surface area contributed by atoms with Crippen LogP contribution in [0.15, 0.2) is 12.1 Å². The third-order valence-electron chi connectivity index (χ3n) is 3.57. The fourth-order valence-corrected chi connectivity index (χ4v) is 2.37. The first kappa shape index (κ1) is 16.9. The molecule has 1 atom stereocenters. The number of nitrogens with zero attached hydrogens (tertiary/aromatic N) is 1. The van der Waals surface area contributed by atoms with Gasteiger partial charge in [0.1, 0.15) is 5.82 Å². The van der Waals surface area contributed by atoms with Gasteiger partial charge in [-0.15, -0.1) is 0 Å². The number of nitrogens with one attached hydrogen (secondary N) is 1. The third-order valence-corrected chi connectivity index (χ3v) is 3.57. The molecule has 0 fully saturated rings. The Labute approximate surface area is 122 Å². The second-order valence-corrected chi connectivity index (χ2v) is 5.01. The minimum atomic E-state index is -0.142. The average Bonchev–Trinajstić information content (AvgIpc) is 2.43. The van der Waals surface area contributed by atoms with Crippen molar-refractivity contribution in [3.63, 3.8) is 0 Å². The van der Waals surface area contributed by atoms with Gasteiger partial charge in [0, 0.05) is 31.9 Å². The van der Waals surface area contributed by atoms with E-state index >= 15 is 0 Å². The first-order valence-corrected chi connectivity index (χ1v) is 7.32. The summed E-state index contributed by atoms with van der Waals surface area (Å²) < 4.78 is 19.1. The number of benzene rings is 1. The van der Waals surface area contributed by atoms with Gasteiger partial charge >= 0.3 is 0 Å². The van der Waals surface area contributed by atoms with Crippen LogP contribution in [0.5, 0.6) is 0 Å². The van der Waals surface area contributed by atoms with Gasteiger partial charge in [0.2, 0.25) is 0 Å². The Bertz CT molecular complexity index is 423. The molecule has 4 heteroatoms. The summed E-state index contributed by atoms with van der Waals surface area (Å²) in [4.78, 5) is 2.24. The number of rotatable bonds is 8. The maximum atomic E-state index is 13.9. The van der Waals surface area contributed by atoms with E-state index < -0.39 is 0 Å². The van der Waals surface area contributed by atoms with Crippen LogP contribution in [-0.2, 0) is 4.74 Å². The second kappa shape index (κ2) is 8.22. The van der Waals surface area contributed by atoms with Crippen molar-refractivity contribution in [3.8, 4) is 0 Å². The Hall–Kier alpha value is -1.13. The van der Waals surface area contributed by atoms with Gasteiger partial charge in [0.15, 0.2) is 0 Å². The Morgan fingerprint density at radius 2 is 2.05 bits per heavy atom. The van der Waals surface area contributed by atoms with E-state index in [9.17, 15) is 4.39 Å². The van der Waals surface area contributed by atoms with E-state index in [4.69, 9.17) is 4.74 Å². The number of ether oxygens (including phenoxy) is 1. The number of hydrogen-bond donors (Lipinski definition) is 1. The lowest BCUT2D eigenvalue weighted by molar-refractivity contribution is 0.205. The van der Waals surface area contributed by atoms with Crippen molar-refractivity contribution in [2.75, 3.05) is 38.3 Å². The van der Waals surface area contributed by atoms with E-state index in [0.29, 0.717) is 12.2 Å². The van der Waals surface area contributed by atoms with Gasteiger partial charge in [-0.05, 0) is 50.6 Å². The molecule has 3 nitrogen and oxygen atoms in total. The van der Waals surface area contributed by atoms with Gasteiger partial charge in [-0.3, -0.25) is 0 Å². The van der Waals surface area contributed by atoms with Crippen LogP contribution in [-0.4, -0.2) is 33.4 Å². The van der Waals surface area contributed by atoms with Crippen LogP contribution in [0.2, 0.25) is 0 Å². The van der Waals surface area contributed by atoms with Crippen LogP contribution in [0, 0.1) is 12.7 Å². The van der Waals surface area contributed by atoms with Crippen LogP contribution in [0.25, 0.3) is 0 Å². The van der Waals surface area contributed by atoms with E-state index in [0.717, 1.165) is 30.9 Å². The van der Waals surface area contributed by atoms with Crippen LogP contribution >= 0.6 is 0 Å². The fraction of sp³-hybridized carbons (Fsp3) is 0.625. The van der Waals surface area contributed by atoms with Gasteiger partial charge < -0.3 is 15.0 Å². The summed E-state index contributed by atoms with van der Waals surface area (Å²) in [6, 6.07) is 3.73. The van der Waals surface area contributed by atoms with Crippen molar-refractivity contribution in [1.29, 1.82) is 0 Å². The number of hydrogen-bond acceptors (Lipinski definition) is 3. The molecule has 0 aromatic heterocycles. The highest BCUT2D eigenvalue weighted by Crippen LogP contribution is 2.29. The fourth-order valence-electron chi connectivity index (χ4n) is 2.37. The summed E-state index contributed by atoms with van der Waals surface area (Å²) in [6.45, 7) is 11.3. The molecular weight excluding hydrogens is 255 g/mol. The summed E-state index contributed by atoms with van der Waals surface area (Å²) >= 11 is 0. The van der Waals surface area contributed by atoms with Gasteiger partial charge in [0.25, 0.3) is 0 Å². The predicted molar refractivity (Wildman–Crippen MR) is 83.0 cm³/mol. The summed E-state index contributed by atoms with van der Waals surface area (Å²) in [7, 11) is 1.70. The topological polar surface area (TPSA) is 24.5 Å².